The molecule has 0 spiro atoms. The van der Waals surface area contributed by atoms with E-state index >= 15 is 0 Å². The zero-order chi connectivity index (χ0) is 21.0. The summed E-state index contributed by atoms with van der Waals surface area (Å²) >= 11 is 0. The van der Waals surface area contributed by atoms with Gasteiger partial charge in [0.2, 0.25) is 5.03 Å². The second-order valence-corrected chi connectivity index (χ2v) is 8.75. The number of hydrogen-bond acceptors (Lipinski definition) is 6. The van der Waals surface area contributed by atoms with E-state index in [0.717, 1.165) is 25.7 Å². The Morgan fingerprint density at radius 2 is 1.62 bits per heavy atom. The van der Waals surface area contributed by atoms with Crippen LogP contribution < -0.4 is 14.8 Å². The molecule has 1 aliphatic rings. The lowest BCUT2D eigenvalue weighted by Gasteiger charge is -2.19. The summed E-state index contributed by atoms with van der Waals surface area (Å²) in [6.07, 6.45) is 5.02. The molecule has 29 heavy (non-hydrogen) atoms. The summed E-state index contributed by atoms with van der Waals surface area (Å²) in [7, 11) is 0.738. The molecule has 1 amide bonds. The molecule has 0 atom stereocenters. The minimum Gasteiger partial charge on any atom is -0.497 e. The number of nitrogens with one attached hydrogen (secondary N) is 1. The average Bonchev–Trinajstić information content (AvgIpc) is 2.91. The molecule has 1 N–H and O–H groups in total. The van der Waals surface area contributed by atoms with Gasteiger partial charge in [-0.05, 0) is 12.8 Å². The third-order valence-electron chi connectivity index (χ3n) is 4.80. The number of amides is 1. The van der Waals surface area contributed by atoms with Crippen molar-refractivity contribution in [1.29, 1.82) is 0 Å². The minimum atomic E-state index is -3.87. The summed E-state index contributed by atoms with van der Waals surface area (Å²) in [6, 6.07) is 4.93. The van der Waals surface area contributed by atoms with E-state index in [1.54, 1.807) is 25.2 Å². The van der Waals surface area contributed by atoms with Crippen LogP contribution in [0.5, 0.6) is 11.5 Å². The summed E-state index contributed by atoms with van der Waals surface area (Å²) in [4.78, 5) is 12.9. The van der Waals surface area contributed by atoms with Gasteiger partial charge in [0.15, 0.2) is 0 Å². The van der Waals surface area contributed by atoms with Crippen LogP contribution in [0, 0.1) is 0 Å². The summed E-state index contributed by atoms with van der Waals surface area (Å²) < 4.78 is 39.5. The Labute approximate surface area is 170 Å². The number of aromatic nitrogens is 2. The molecule has 0 saturated carbocycles. The molecular weight excluding hydrogens is 396 g/mol. The number of aryl methyl sites for hydroxylation is 1. The van der Waals surface area contributed by atoms with Crippen LogP contribution in [0.15, 0.2) is 29.4 Å². The quantitative estimate of drug-likeness (QED) is 0.766. The Morgan fingerprint density at radius 1 is 1.03 bits per heavy atom. The number of hydrogen-bond donors (Lipinski definition) is 1. The van der Waals surface area contributed by atoms with Gasteiger partial charge in [0.05, 0.1) is 19.8 Å². The predicted octanol–water partition coefficient (Wildman–Crippen LogP) is 2.25. The van der Waals surface area contributed by atoms with Gasteiger partial charge >= 0.3 is 0 Å². The number of rotatable bonds is 6. The standard InChI is InChI=1S/C19H26N4O5S/c1-22-13-17(18(24)20-14-10-15(27-2)12-16(11-14)28-3)19(21-22)29(25,26)23-8-6-4-5-7-9-23/h10-13H,4-9H2,1-3H3,(H,20,24). The van der Waals surface area contributed by atoms with Crippen LogP contribution in [0.2, 0.25) is 0 Å². The number of methoxy groups -OCH3 is 2. The molecule has 1 aromatic carbocycles. The Morgan fingerprint density at radius 3 is 2.17 bits per heavy atom. The number of ether oxygens (including phenoxy) is 2. The number of carbonyl (C=O) groups excluding carboxylic acids is 1. The van der Waals surface area contributed by atoms with Crippen molar-refractivity contribution in [2.45, 2.75) is 30.7 Å². The van der Waals surface area contributed by atoms with Gasteiger partial charge in [-0.2, -0.15) is 9.40 Å². The van der Waals surface area contributed by atoms with E-state index in [1.165, 1.54) is 29.4 Å². The van der Waals surface area contributed by atoms with E-state index in [1.807, 2.05) is 0 Å². The van der Waals surface area contributed by atoms with Gasteiger partial charge in [-0.15, -0.1) is 0 Å². The monoisotopic (exact) mass is 422 g/mol. The molecule has 0 unspecified atom stereocenters. The number of carbonyl (C=O) groups is 1. The Balaban J connectivity index is 1.91. The average molecular weight is 423 g/mol. The SMILES string of the molecule is COc1cc(NC(=O)c2cn(C)nc2S(=O)(=O)N2CCCCCC2)cc(OC)c1. The van der Waals surface area contributed by atoms with Gasteiger partial charge in [0.1, 0.15) is 11.5 Å². The molecule has 0 radical (unpaired) electrons. The third kappa shape index (κ3) is 4.70. The van der Waals surface area contributed by atoms with Gasteiger partial charge in [-0.25, -0.2) is 8.42 Å². The third-order valence-corrected chi connectivity index (χ3v) is 6.63. The maximum Gasteiger partial charge on any atom is 0.263 e. The summed E-state index contributed by atoms with van der Waals surface area (Å²) in [6.45, 7) is 0.875. The highest BCUT2D eigenvalue weighted by molar-refractivity contribution is 7.89. The molecule has 1 saturated heterocycles. The van der Waals surface area contributed by atoms with Gasteiger partial charge in [-0.3, -0.25) is 9.48 Å². The van der Waals surface area contributed by atoms with Crippen molar-refractivity contribution in [1.82, 2.24) is 14.1 Å². The Hall–Kier alpha value is -2.59. The topological polar surface area (TPSA) is 103 Å². The van der Waals surface area contributed by atoms with Crippen molar-refractivity contribution >= 4 is 21.6 Å². The maximum absolute atomic E-state index is 13.2. The van der Waals surface area contributed by atoms with E-state index in [4.69, 9.17) is 9.47 Å². The zero-order valence-corrected chi connectivity index (χ0v) is 17.7. The van der Waals surface area contributed by atoms with Crippen molar-refractivity contribution in [3.8, 4) is 11.5 Å². The highest BCUT2D eigenvalue weighted by Gasteiger charge is 2.32. The molecule has 2 heterocycles. The van der Waals surface area contributed by atoms with E-state index in [9.17, 15) is 13.2 Å². The van der Waals surface area contributed by atoms with Crippen molar-refractivity contribution in [3.63, 3.8) is 0 Å². The van der Waals surface area contributed by atoms with E-state index in [0.29, 0.717) is 30.3 Å². The highest BCUT2D eigenvalue weighted by atomic mass is 32.2. The lowest BCUT2D eigenvalue weighted by atomic mass is 10.2. The molecular formula is C19H26N4O5S. The lowest BCUT2D eigenvalue weighted by molar-refractivity contribution is 0.102. The van der Waals surface area contributed by atoms with Gasteiger partial charge in [-0.1, -0.05) is 12.8 Å². The van der Waals surface area contributed by atoms with Crippen molar-refractivity contribution < 1.29 is 22.7 Å². The minimum absolute atomic E-state index is 0.00136. The van der Waals surface area contributed by atoms with Gasteiger partial charge < -0.3 is 14.8 Å². The van der Waals surface area contributed by atoms with E-state index in [-0.39, 0.29) is 10.6 Å². The molecule has 1 aliphatic heterocycles. The Kier molecular flexibility index (Phi) is 6.43. The Bertz CT molecular complexity index is 956. The largest absolute Gasteiger partial charge is 0.497 e. The van der Waals surface area contributed by atoms with Crippen LogP contribution >= 0.6 is 0 Å². The second-order valence-electron chi connectivity index (χ2n) is 6.90. The van der Waals surface area contributed by atoms with Crippen LogP contribution in [-0.4, -0.2) is 55.7 Å². The van der Waals surface area contributed by atoms with Crippen LogP contribution in [-0.2, 0) is 17.1 Å². The smallest absolute Gasteiger partial charge is 0.263 e. The van der Waals surface area contributed by atoms with Crippen LogP contribution in [0.25, 0.3) is 0 Å². The number of anilines is 1. The van der Waals surface area contributed by atoms with Crippen molar-refractivity contribution in [3.05, 3.63) is 30.0 Å². The first kappa shape index (κ1) is 21.1. The fourth-order valence-corrected chi connectivity index (χ4v) is 4.94. The molecule has 1 fully saturated rings. The number of sulfonamides is 1. The van der Waals surface area contributed by atoms with Crippen molar-refractivity contribution in [2.75, 3.05) is 32.6 Å². The first-order valence-electron chi connectivity index (χ1n) is 9.43. The fourth-order valence-electron chi connectivity index (χ4n) is 3.30. The predicted molar refractivity (Wildman–Crippen MR) is 108 cm³/mol. The highest BCUT2D eigenvalue weighted by Crippen LogP contribution is 2.27. The maximum atomic E-state index is 13.2. The van der Waals surface area contributed by atoms with Gasteiger partial charge in [0, 0.05) is 50.2 Å². The normalized spacial score (nSPS) is 15.6. The van der Waals surface area contributed by atoms with Crippen LogP contribution in [0.3, 0.4) is 0 Å². The zero-order valence-electron chi connectivity index (χ0n) is 16.8. The van der Waals surface area contributed by atoms with Crippen molar-refractivity contribution in [2.24, 2.45) is 7.05 Å². The molecule has 0 bridgehead atoms. The number of benzene rings is 1. The summed E-state index contributed by atoms with van der Waals surface area (Å²) in [5.74, 6) is 0.438. The molecule has 2 aromatic rings. The van der Waals surface area contributed by atoms with E-state index in [2.05, 4.69) is 10.4 Å². The van der Waals surface area contributed by atoms with Crippen LogP contribution in [0.4, 0.5) is 5.69 Å². The molecule has 0 aliphatic carbocycles. The summed E-state index contributed by atoms with van der Waals surface area (Å²) in [5.41, 5.74) is 0.423. The fraction of sp³-hybridized carbons (Fsp3) is 0.474. The van der Waals surface area contributed by atoms with Gasteiger partial charge in [0.25, 0.3) is 15.9 Å². The lowest BCUT2D eigenvalue weighted by Crippen LogP contribution is -2.33. The first-order valence-corrected chi connectivity index (χ1v) is 10.9. The number of nitrogens with zero attached hydrogens (tertiary/aromatic N) is 3. The molecule has 3 rings (SSSR count). The first-order chi connectivity index (χ1) is 13.8. The second kappa shape index (κ2) is 8.83. The van der Waals surface area contributed by atoms with Crippen LogP contribution in [0.1, 0.15) is 36.0 Å². The molecule has 1 aromatic heterocycles. The molecule has 9 nitrogen and oxygen atoms in total. The summed E-state index contributed by atoms with van der Waals surface area (Å²) in [5, 5.41) is 6.58. The molecule has 10 heteroatoms. The molecule has 158 valence electrons. The van der Waals surface area contributed by atoms with E-state index < -0.39 is 15.9 Å².